The summed E-state index contributed by atoms with van der Waals surface area (Å²) in [5.74, 6) is 0.226. The van der Waals surface area contributed by atoms with Crippen molar-refractivity contribution < 1.29 is 46.0 Å². The van der Waals surface area contributed by atoms with Crippen molar-refractivity contribution in [2.75, 3.05) is 73.7 Å². The number of hydrogen-bond donors (Lipinski definition) is 2. The van der Waals surface area contributed by atoms with E-state index in [0.29, 0.717) is 91.0 Å². The predicted octanol–water partition coefficient (Wildman–Crippen LogP) is 9.37. The van der Waals surface area contributed by atoms with Crippen LogP contribution < -0.4 is 40.2 Å². The number of hydrogen-bond acceptors (Lipinski definition) is 21. The van der Waals surface area contributed by atoms with Crippen molar-refractivity contribution in [3.05, 3.63) is 72.3 Å². The number of nitrogens with two attached hydrogens (primary N) is 2. The van der Waals surface area contributed by atoms with Gasteiger partial charge < -0.3 is 45.0 Å². The summed E-state index contributed by atoms with van der Waals surface area (Å²) in [7, 11) is 0. The first-order valence-electron chi connectivity index (χ1n) is 33.6. The Kier molecular flexibility index (Phi) is 13.2. The number of nitrogen functional groups attached to an aromatic ring is 2. The highest BCUT2D eigenvalue weighted by atomic mass is 19.1. The molecule has 6 aromatic heterocycles. The molecule has 8 aromatic rings. The van der Waals surface area contributed by atoms with E-state index >= 15 is 17.6 Å². The number of benzene rings is 2. The number of nitrogens with zero attached hydrogens (tertiary/aromatic N) is 14. The Bertz CT molecular complexity index is 4530. The van der Waals surface area contributed by atoms with E-state index in [4.69, 9.17) is 65.1 Å². The number of pyridine rings is 4. The number of fused-ring (bicyclic) bond motifs is 14. The van der Waals surface area contributed by atoms with Gasteiger partial charge in [-0.2, -0.15) is 19.9 Å². The van der Waals surface area contributed by atoms with Crippen LogP contribution in [-0.4, -0.2) is 202 Å². The quantitative estimate of drug-likeness (QED) is 0.128. The molecule has 26 heteroatoms. The lowest BCUT2D eigenvalue weighted by Crippen LogP contribution is -2.66. The van der Waals surface area contributed by atoms with Crippen molar-refractivity contribution in [2.45, 2.75) is 176 Å². The third-order valence-electron chi connectivity index (χ3n) is 22.5. The number of rotatable bonds is 9. The number of amides is 1. The molecule has 1 unspecified atom stereocenters. The second-order valence-electron chi connectivity index (χ2n) is 29.3. The lowest BCUT2D eigenvalue weighted by molar-refractivity contribution is 0.000922. The zero-order valence-corrected chi connectivity index (χ0v) is 53.5. The number of carbonyl (C=O) groups excluding carboxylic acids is 1. The molecule has 8 saturated heterocycles. The normalized spacial score (nSPS) is 30.7. The smallest absolute Gasteiger partial charge is 0.410 e. The van der Waals surface area contributed by atoms with Crippen molar-refractivity contribution in [1.82, 2.24) is 59.5 Å². The molecule has 95 heavy (non-hydrogen) atoms. The Hall–Kier alpha value is -8.49. The van der Waals surface area contributed by atoms with E-state index in [1.807, 2.05) is 75.9 Å². The van der Waals surface area contributed by atoms with Gasteiger partial charge >= 0.3 is 18.1 Å². The maximum absolute atomic E-state index is 18.1. The fraction of sp³-hybridized carbons (Fsp3) is 0.522. The largest absolute Gasteiger partial charge is 0.472 e. The Morgan fingerprint density at radius 1 is 0.600 bits per heavy atom. The molecule has 16 heterocycles. The molecule has 0 aliphatic carbocycles. The van der Waals surface area contributed by atoms with E-state index in [2.05, 4.69) is 34.5 Å². The molecule has 0 saturated carbocycles. The minimum absolute atomic E-state index is 0.000458. The van der Waals surface area contributed by atoms with E-state index in [9.17, 15) is 4.79 Å². The Morgan fingerprint density at radius 2 is 1.14 bits per heavy atom. The molecule has 4 N–H and O–H groups in total. The monoisotopic (exact) mass is 1300 g/mol. The number of halogens is 4. The van der Waals surface area contributed by atoms with Gasteiger partial charge in [0.1, 0.15) is 99.8 Å². The lowest BCUT2D eigenvalue weighted by Gasteiger charge is -2.50. The van der Waals surface area contributed by atoms with Gasteiger partial charge in [-0.3, -0.25) is 19.6 Å². The first-order valence-corrected chi connectivity index (χ1v) is 33.6. The zero-order valence-electron chi connectivity index (χ0n) is 53.5. The van der Waals surface area contributed by atoms with Crippen molar-refractivity contribution in [3.8, 4) is 46.3 Å². The van der Waals surface area contributed by atoms with E-state index in [0.717, 1.165) is 43.0 Å². The Morgan fingerprint density at radius 3 is 1.74 bits per heavy atom. The number of aromatic nitrogens is 8. The molecule has 2 aromatic carbocycles. The first kappa shape index (κ1) is 59.0. The molecular formula is C69H74F4N16O6. The molecule has 10 aliphatic heterocycles. The second-order valence-corrected chi connectivity index (χ2v) is 29.3. The van der Waals surface area contributed by atoms with Crippen LogP contribution in [-0.2, 0) is 4.74 Å². The molecular weight excluding hydrogens is 1220 g/mol. The average Bonchev–Trinajstić information content (AvgIpc) is 1.62. The van der Waals surface area contributed by atoms with E-state index in [1.54, 1.807) is 24.3 Å². The van der Waals surface area contributed by atoms with Crippen LogP contribution in [0.2, 0.25) is 0 Å². The minimum atomic E-state index is -1.14. The number of alkyl halides is 2. The summed E-state index contributed by atoms with van der Waals surface area (Å²) >= 11 is 0. The highest BCUT2D eigenvalue weighted by Gasteiger charge is 2.61. The molecule has 0 spiro atoms. The van der Waals surface area contributed by atoms with Crippen molar-refractivity contribution >= 4 is 73.0 Å². The number of anilines is 4. The third kappa shape index (κ3) is 9.21. The summed E-state index contributed by atoms with van der Waals surface area (Å²) in [6.07, 6.45) is 2.18. The number of ether oxygens (including phenoxy) is 5. The highest BCUT2D eigenvalue weighted by Crippen LogP contribution is 2.53. The van der Waals surface area contributed by atoms with Crippen molar-refractivity contribution in [1.29, 1.82) is 0 Å². The van der Waals surface area contributed by atoms with E-state index in [-0.39, 0.29) is 126 Å². The standard InChI is InChI=1S/C69H74F4N16O6/c1-33-58-44-17-15-39(29-86(58)60-48-56(80-64(82-60)91-31-68-21-8-22-84(68)26-37(70)23-68)50(72)54(78-62(48)93-33)42-11-6-9-35-13-19-46(74)76-52(35)42)88(44)41-25-69(24-38(71)27-85(69)28-41)32-92-65-81-57-49-61(83-65)87-30-40-16-18-45(89(40)66(90)95-67(3,4)5)59(87)34(2)94-63(49)79-55(51(57)73)43-12-7-10-36-14-20-47(75)77-53(36)43/h6-7,9-14,19-20,33-34,37-41,44-45,58-59H,8,15-18,21-32H2,1-5H3,(H2,74,76)(H2,75,77)/t33-,34-,37+,38+,39+,40+,41?,44-,45-,58+,59+,68-,69+/m0/s1. The summed E-state index contributed by atoms with van der Waals surface area (Å²) < 4.78 is 101. The third-order valence-corrected chi connectivity index (χ3v) is 22.5. The van der Waals surface area contributed by atoms with E-state index < -0.39 is 65.0 Å². The van der Waals surface area contributed by atoms with Crippen molar-refractivity contribution in [3.63, 3.8) is 0 Å². The highest BCUT2D eigenvalue weighted by molar-refractivity contribution is 6.02. The summed E-state index contributed by atoms with van der Waals surface area (Å²) in [4.78, 5) is 66.7. The molecule has 10 aliphatic rings. The maximum Gasteiger partial charge on any atom is 0.410 e. The summed E-state index contributed by atoms with van der Waals surface area (Å²) in [5, 5.41) is 2.08. The van der Waals surface area contributed by atoms with Gasteiger partial charge in [0.2, 0.25) is 11.8 Å². The van der Waals surface area contributed by atoms with E-state index in [1.165, 1.54) is 0 Å². The van der Waals surface area contributed by atoms with Gasteiger partial charge in [0.15, 0.2) is 11.6 Å². The van der Waals surface area contributed by atoms with Crippen LogP contribution in [0.3, 0.4) is 0 Å². The lowest BCUT2D eigenvalue weighted by atomic mass is 9.90. The number of piperazine rings is 2. The van der Waals surface area contributed by atoms with Crippen molar-refractivity contribution in [2.24, 2.45) is 0 Å². The van der Waals surface area contributed by atoms with Gasteiger partial charge in [0.05, 0.1) is 46.3 Å². The molecule has 4 bridgehead atoms. The number of para-hydroxylation sites is 2. The molecule has 8 fully saturated rings. The van der Waals surface area contributed by atoms with Crippen LogP contribution in [0.4, 0.5) is 45.6 Å². The molecule has 13 atom stereocenters. The Labute approximate surface area is 544 Å². The second kappa shape index (κ2) is 21.3. The predicted molar refractivity (Wildman–Crippen MR) is 347 cm³/mol. The summed E-state index contributed by atoms with van der Waals surface area (Å²) in [6, 6.07) is 16.3. The molecule has 0 radical (unpaired) electrons. The summed E-state index contributed by atoms with van der Waals surface area (Å²) in [5.41, 5.74) is 12.0. The molecule has 494 valence electrons. The summed E-state index contributed by atoms with van der Waals surface area (Å²) in [6.45, 7) is 12.4. The van der Waals surface area contributed by atoms with Crippen LogP contribution in [0.5, 0.6) is 23.8 Å². The fourth-order valence-corrected chi connectivity index (χ4v) is 18.8. The maximum atomic E-state index is 18.1. The fourth-order valence-electron chi connectivity index (χ4n) is 18.8. The van der Waals surface area contributed by atoms with Crippen LogP contribution in [0.1, 0.15) is 92.4 Å². The first-order chi connectivity index (χ1) is 45.8. The van der Waals surface area contributed by atoms with Gasteiger partial charge in [-0.1, -0.05) is 36.4 Å². The van der Waals surface area contributed by atoms with Crippen LogP contribution in [0.25, 0.3) is 66.1 Å². The van der Waals surface area contributed by atoms with Gasteiger partial charge in [0, 0.05) is 85.6 Å². The minimum Gasteiger partial charge on any atom is -0.472 e. The van der Waals surface area contributed by atoms with Crippen LogP contribution in [0, 0.1) is 11.6 Å². The van der Waals surface area contributed by atoms with Crippen LogP contribution >= 0.6 is 0 Å². The topological polar surface area (TPSA) is 238 Å². The van der Waals surface area contributed by atoms with Gasteiger partial charge in [-0.25, -0.2) is 42.3 Å². The molecule has 22 nitrogen and oxygen atoms in total. The number of carbonyl (C=O) groups is 1. The van der Waals surface area contributed by atoms with Gasteiger partial charge in [-0.05, 0) is 110 Å². The molecule has 18 rings (SSSR count). The molecule has 1 amide bonds. The van der Waals surface area contributed by atoms with Gasteiger partial charge in [-0.15, -0.1) is 0 Å². The Balaban J connectivity index is 0.689. The van der Waals surface area contributed by atoms with Gasteiger partial charge in [0.25, 0.3) is 0 Å². The SMILES string of the molecule is C[C@@H]1Oc2nc(-c3cccc4ccc(N)nc34)c(F)c3nc(OC[C@@]45CC(N6[C@@H]7CC[C@H]6[C@H]6[C@H](C)Oc8nc(-c9cccc%10ccc(N)nc9%10)c(F)c9nc(OC[C@@]%10%11CCCN%10C[C@H](F)C%11)nc(c89)N6C7)CN4C[C@H](F)C5)nc(c23)N2C[C@H]3CC[C@@H]([C@@H]12)N3C(=O)OC(C)(C)C. The average molecular weight is 1300 g/mol. The zero-order chi connectivity index (χ0) is 64.9. The van der Waals surface area contributed by atoms with Crippen LogP contribution in [0.15, 0.2) is 60.7 Å².